The van der Waals surface area contributed by atoms with Gasteiger partial charge in [-0.1, -0.05) is 12.1 Å². The second-order valence-electron chi connectivity index (χ2n) is 4.24. The molecule has 0 N–H and O–H groups in total. The summed E-state index contributed by atoms with van der Waals surface area (Å²) in [4.78, 5) is 13.4. The third kappa shape index (κ3) is 2.77. The van der Waals surface area contributed by atoms with Gasteiger partial charge in [0.25, 0.3) is 0 Å². The zero-order valence-electron chi connectivity index (χ0n) is 10.2. The number of esters is 1. The molecule has 0 saturated carbocycles. The van der Waals surface area contributed by atoms with Gasteiger partial charge in [0.1, 0.15) is 11.8 Å². The van der Waals surface area contributed by atoms with Crippen molar-refractivity contribution in [2.45, 2.75) is 19.0 Å². The zero-order valence-corrected chi connectivity index (χ0v) is 10.2. The van der Waals surface area contributed by atoms with Crippen molar-refractivity contribution in [1.82, 2.24) is 4.90 Å². The molecule has 1 heterocycles. The van der Waals surface area contributed by atoms with Crippen molar-refractivity contribution in [1.29, 1.82) is 0 Å². The SMILES string of the molecule is COc1ccc(CN(C)[C@H]2CCOC2=O)cc1. The van der Waals surface area contributed by atoms with E-state index in [9.17, 15) is 4.79 Å². The first-order valence-corrected chi connectivity index (χ1v) is 5.70. The Bertz CT molecular complexity index is 388. The van der Waals surface area contributed by atoms with E-state index in [-0.39, 0.29) is 12.0 Å². The molecule has 1 aromatic carbocycles. The lowest BCUT2D eigenvalue weighted by Gasteiger charge is -2.20. The maximum atomic E-state index is 11.4. The molecular formula is C13H17NO3. The predicted octanol–water partition coefficient (Wildman–Crippen LogP) is 1.44. The van der Waals surface area contributed by atoms with Crippen LogP contribution in [0.3, 0.4) is 0 Å². The molecule has 0 bridgehead atoms. The Morgan fingerprint density at radius 1 is 1.41 bits per heavy atom. The number of carbonyl (C=O) groups excluding carboxylic acids is 1. The van der Waals surface area contributed by atoms with Gasteiger partial charge in [-0.3, -0.25) is 9.69 Å². The number of hydrogen-bond donors (Lipinski definition) is 0. The highest BCUT2D eigenvalue weighted by Crippen LogP contribution is 2.17. The van der Waals surface area contributed by atoms with E-state index in [4.69, 9.17) is 9.47 Å². The number of benzene rings is 1. The topological polar surface area (TPSA) is 38.8 Å². The summed E-state index contributed by atoms with van der Waals surface area (Å²) in [5.41, 5.74) is 1.16. The van der Waals surface area contributed by atoms with Crippen molar-refractivity contribution in [3.63, 3.8) is 0 Å². The van der Waals surface area contributed by atoms with Crippen molar-refractivity contribution in [3.8, 4) is 5.75 Å². The fourth-order valence-corrected chi connectivity index (χ4v) is 2.01. The standard InChI is InChI=1S/C13H17NO3/c1-14(12-7-8-17-13(12)15)9-10-3-5-11(16-2)6-4-10/h3-6,12H,7-9H2,1-2H3/t12-/m0/s1. The van der Waals surface area contributed by atoms with Gasteiger partial charge < -0.3 is 9.47 Å². The second-order valence-corrected chi connectivity index (χ2v) is 4.24. The van der Waals surface area contributed by atoms with E-state index in [1.165, 1.54) is 0 Å². The quantitative estimate of drug-likeness (QED) is 0.740. The van der Waals surface area contributed by atoms with Gasteiger partial charge in [0.15, 0.2) is 0 Å². The Morgan fingerprint density at radius 3 is 2.65 bits per heavy atom. The van der Waals surface area contributed by atoms with Crippen LogP contribution >= 0.6 is 0 Å². The molecule has 92 valence electrons. The van der Waals surface area contributed by atoms with Gasteiger partial charge in [-0.25, -0.2) is 0 Å². The average Bonchev–Trinajstić information content (AvgIpc) is 2.76. The Labute approximate surface area is 101 Å². The minimum Gasteiger partial charge on any atom is -0.497 e. The summed E-state index contributed by atoms with van der Waals surface area (Å²) >= 11 is 0. The van der Waals surface area contributed by atoms with Crippen molar-refractivity contribution < 1.29 is 14.3 Å². The molecule has 0 amide bonds. The molecule has 4 nitrogen and oxygen atoms in total. The molecule has 0 unspecified atom stereocenters. The average molecular weight is 235 g/mol. The molecule has 0 aromatic heterocycles. The third-order valence-corrected chi connectivity index (χ3v) is 3.03. The van der Waals surface area contributed by atoms with Crippen molar-refractivity contribution in [3.05, 3.63) is 29.8 Å². The summed E-state index contributed by atoms with van der Waals surface area (Å²) in [7, 11) is 3.59. The van der Waals surface area contributed by atoms with Gasteiger partial charge in [-0.2, -0.15) is 0 Å². The van der Waals surface area contributed by atoms with Crippen LogP contribution in [0.15, 0.2) is 24.3 Å². The first-order chi connectivity index (χ1) is 8.20. The van der Waals surface area contributed by atoms with Gasteiger partial charge in [0.2, 0.25) is 0 Å². The highest BCUT2D eigenvalue weighted by Gasteiger charge is 2.29. The fourth-order valence-electron chi connectivity index (χ4n) is 2.01. The van der Waals surface area contributed by atoms with Crippen LogP contribution in [-0.2, 0) is 16.1 Å². The molecule has 0 radical (unpaired) electrons. The number of nitrogens with zero attached hydrogens (tertiary/aromatic N) is 1. The molecule has 1 fully saturated rings. The molecule has 17 heavy (non-hydrogen) atoms. The number of cyclic esters (lactones) is 1. The van der Waals surface area contributed by atoms with E-state index in [1.54, 1.807) is 7.11 Å². The Balaban J connectivity index is 1.97. The van der Waals surface area contributed by atoms with E-state index in [1.807, 2.05) is 36.2 Å². The molecule has 1 atom stereocenters. The highest BCUT2D eigenvalue weighted by atomic mass is 16.5. The van der Waals surface area contributed by atoms with Crippen molar-refractivity contribution >= 4 is 5.97 Å². The minimum absolute atomic E-state index is 0.0999. The van der Waals surface area contributed by atoms with E-state index in [0.717, 1.165) is 24.3 Å². The number of ether oxygens (including phenoxy) is 2. The molecule has 1 aliphatic heterocycles. The molecule has 4 heteroatoms. The van der Waals surface area contributed by atoms with Crippen LogP contribution in [0.25, 0.3) is 0 Å². The predicted molar refractivity (Wildman–Crippen MR) is 63.8 cm³/mol. The van der Waals surface area contributed by atoms with Crippen LogP contribution < -0.4 is 4.74 Å². The summed E-state index contributed by atoms with van der Waals surface area (Å²) < 4.78 is 10.1. The van der Waals surface area contributed by atoms with Crippen LogP contribution in [0.2, 0.25) is 0 Å². The van der Waals surface area contributed by atoms with E-state index < -0.39 is 0 Å². The molecule has 2 rings (SSSR count). The van der Waals surface area contributed by atoms with Crippen LogP contribution in [0.4, 0.5) is 0 Å². The van der Waals surface area contributed by atoms with Crippen LogP contribution in [0, 0.1) is 0 Å². The normalized spacial score (nSPS) is 19.5. The smallest absolute Gasteiger partial charge is 0.323 e. The number of hydrogen-bond acceptors (Lipinski definition) is 4. The van der Waals surface area contributed by atoms with Gasteiger partial charge in [0, 0.05) is 13.0 Å². The number of methoxy groups -OCH3 is 1. The van der Waals surface area contributed by atoms with Gasteiger partial charge >= 0.3 is 5.97 Å². The van der Waals surface area contributed by atoms with E-state index in [0.29, 0.717) is 6.61 Å². The van der Waals surface area contributed by atoms with E-state index in [2.05, 4.69) is 0 Å². The summed E-state index contributed by atoms with van der Waals surface area (Å²) in [6.45, 7) is 1.28. The molecular weight excluding hydrogens is 218 g/mol. The fraction of sp³-hybridized carbons (Fsp3) is 0.462. The summed E-state index contributed by atoms with van der Waals surface area (Å²) in [6.07, 6.45) is 0.783. The van der Waals surface area contributed by atoms with Gasteiger partial charge in [0.05, 0.1) is 13.7 Å². The summed E-state index contributed by atoms with van der Waals surface area (Å²) in [5.74, 6) is 0.734. The summed E-state index contributed by atoms with van der Waals surface area (Å²) in [5, 5.41) is 0. The van der Waals surface area contributed by atoms with Crippen molar-refractivity contribution in [2.24, 2.45) is 0 Å². The number of rotatable bonds is 4. The van der Waals surface area contributed by atoms with Crippen LogP contribution in [-0.4, -0.2) is 37.7 Å². The van der Waals surface area contributed by atoms with Crippen LogP contribution in [0.5, 0.6) is 5.75 Å². The second kappa shape index (κ2) is 5.19. The van der Waals surface area contributed by atoms with Crippen molar-refractivity contribution in [2.75, 3.05) is 20.8 Å². The summed E-state index contributed by atoms with van der Waals surface area (Å²) in [6, 6.07) is 7.77. The van der Waals surface area contributed by atoms with Gasteiger partial charge in [-0.15, -0.1) is 0 Å². The maximum absolute atomic E-state index is 11.4. The first-order valence-electron chi connectivity index (χ1n) is 5.70. The maximum Gasteiger partial charge on any atom is 0.323 e. The van der Waals surface area contributed by atoms with E-state index >= 15 is 0 Å². The Hall–Kier alpha value is -1.55. The first kappa shape index (κ1) is 11.9. The Kier molecular flexibility index (Phi) is 3.64. The molecule has 1 aromatic rings. The largest absolute Gasteiger partial charge is 0.497 e. The molecule has 0 spiro atoms. The minimum atomic E-state index is -0.110. The van der Waals surface area contributed by atoms with Crippen LogP contribution in [0.1, 0.15) is 12.0 Å². The lowest BCUT2D eigenvalue weighted by Crippen LogP contribution is -2.34. The zero-order chi connectivity index (χ0) is 12.3. The lowest BCUT2D eigenvalue weighted by molar-refractivity contribution is -0.142. The third-order valence-electron chi connectivity index (χ3n) is 3.03. The number of likely N-dealkylation sites (N-methyl/N-ethyl adjacent to an activating group) is 1. The molecule has 0 aliphatic carbocycles. The Morgan fingerprint density at radius 2 is 2.12 bits per heavy atom. The number of carbonyl (C=O) groups is 1. The monoisotopic (exact) mass is 235 g/mol. The van der Waals surface area contributed by atoms with Gasteiger partial charge in [-0.05, 0) is 24.7 Å². The molecule has 1 saturated heterocycles. The highest BCUT2D eigenvalue weighted by molar-refractivity contribution is 5.77. The molecule has 1 aliphatic rings. The lowest BCUT2D eigenvalue weighted by atomic mass is 10.1.